The van der Waals surface area contributed by atoms with Crippen LogP contribution in [-0.2, 0) is 0 Å². The Morgan fingerprint density at radius 1 is 1.13 bits per heavy atom. The van der Waals surface area contributed by atoms with E-state index in [1.54, 1.807) is 12.1 Å². The van der Waals surface area contributed by atoms with Crippen molar-refractivity contribution in [2.75, 3.05) is 14.1 Å². The maximum atomic E-state index is 13.5. The summed E-state index contributed by atoms with van der Waals surface area (Å²) in [5, 5.41) is 7.37. The summed E-state index contributed by atoms with van der Waals surface area (Å²) >= 11 is 6.48. The Morgan fingerprint density at radius 3 is 2.35 bits per heavy atom. The lowest BCUT2D eigenvalue weighted by Gasteiger charge is -2.30. The van der Waals surface area contributed by atoms with Gasteiger partial charge in [0.05, 0.1) is 10.7 Å². The largest absolute Gasteiger partial charge is 0.305 e. The second-order valence-electron chi connectivity index (χ2n) is 6.13. The molecule has 0 saturated heterocycles. The zero-order valence-corrected chi connectivity index (χ0v) is 13.7. The molecular weight excluding hydrogens is 327 g/mol. The minimum absolute atomic E-state index is 0.0446. The van der Waals surface area contributed by atoms with Crippen LogP contribution in [0.4, 0.5) is 13.2 Å². The normalized spacial score (nSPS) is 29.0. The van der Waals surface area contributed by atoms with Crippen LogP contribution in [0.25, 0.3) is 5.70 Å². The molecule has 1 fully saturated rings. The molecular formula is C16H19ClF3N3. The van der Waals surface area contributed by atoms with Crippen LogP contribution in [-0.4, -0.2) is 42.5 Å². The summed E-state index contributed by atoms with van der Waals surface area (Å²) < 4.78 is 40.4. The topological polar surface area (TPSA) is 18.5 Å². The number of benzene rings is 1. The second-order valence-corrected chi connectivity index (χ2v) is 6.54. The van der Waals surface area contributed by atoms with E-state index in [0.29, 0.717) is 29.1 Å². The number of hydrogen-bond acceptors (Lipinski definition) is 3. The maximum absolute atomic E-state index is 13.5. The monoisotopic (exact) mass is 345 g/mol. The Labute approximate surface area is 138 Å². The van der Waals surface area contributed by atoms with Crippen LogP contribution in [0.5, 0.6) is 0 Å². The zero-order chi connectivity index (χ0) is 16.7. The predicted octanol–water partition coefficient (Wildman–Crippen LogP) is 3.47. The molecule has 1 unspecified atom stereocenters. The molecule has 2 aliphatic rings. The van der Waals surface area contributed by atoms with Gasteiger partial charge in [0.1, 0.15) is 24.0 Å². The van der Waals surface area contributed by atoms with Crippen molar-refractivity contribution in [1.29, 1.82) is 0 Å². The van der Waals surface area contributed by atoms with Gasteiger partial charge in [-0.25, -0.2) is 18.2 Å². The molecule has 126 valence electrons. The molecule has 1 heterocycles. The molecule has 1 N–H and O–H groups in total. The van der Waals surface area contributed by atoms with Crippen molar-refractivity contribution in [3.05, 3.63) is 40.4 Å². The van der Waals surface area contributed by atoms with Crippen LogP contribution in [0.15, 0.2) is 23.2 Å². The highest BCUT2D eigenvalue weighted by molar-refractivity contribution is 6.33. The maximum Gasteiger partial charge on any atom is 0.126 e. The fourth-order valence-electron chi connectivity index (χ4n) is 3.28. The molecule has 0 bridgehead atoms. The number of halogens is 4. The Hall–Kier alpha value is -1.24. The van der Waals surface area contributed by atoms with Gasteiger partial charge in [-0.3, -0.25) is 5.32 Å². The van der Waals surface area contributed by atoms with Gasteiger partial charge in [-0.05, 0) is 31.4 Å². The molecule has 1 aromatic rings. The van der Waals surface area contributed by atoms with Crippen molar-refractivity contribution < 1.29 is 13.2 Å². The summed E-state index contributed by atoms with van der Waals surface area (Å²) in [7, 11) is 3.60. The standard InChI is InChI=1S/C16H19ClF3N3/c1-22-15(9-5-11(19)7-12(20)6-9)14(17)16(23(22)2)21-13-4-3-10(18)8-13/h5-7,10,13,16,21H,3-4,8H2,1-2H3/t10-,13+,16?/m1/s1. The Balaban J connectivity index is 1.89. The molecule has 3 atom stereocenters. The van der Waals surface area contributed by atoms with E-state index in [9.17, 15) is 13.2 Å². The summed E-state index contributed by atoms with van der Waals surface area (Å²) in [6, 6.07) is 3.37. The van der Waals surface area contributed by atoms with Crippen LogP contribution in [0.3, 0.4) is 0 Å². The molecule has 0 aromatic heterocycles. The molecule has 3 nitrogen and oxygen atoms in total. The fraction of sp³-hybridized carbons (Fsp3) is 0.500. The third-order valence-corrected chi connectivity index (χ3v) is 4.92. The first-order valence-corrected chi connectivity index (χ1v) is 7.97. The summed E-state index contributed by atoms with van der Waals surface area (Å²) in [6.07, 6.45) is 0.647. The van der Waals surface area contributed by atoms with E-state index in [1.165, 1.54) is 12.1 Å². The van der Waals surface area contributed by atoms with Crippen molar-refractivity contribution in [3.8, 4) is 0 Å². The predicted molar refractivity (Wildman–Crippen MR) is 84.1 cm³/mol. The number of hydrazine groups is 1. The van der Waals surface area contributed by atoms with Gasteiger partial charge >= 0.3 is 0 Å². The lowest BCUT2D eigenvalue weighted by molar-refractivity contribution is 0.0612. The molecule has 7 heteroatoms. The minimum Gasteiger partial charge on any atom is -0.305 e. The van der Waals surface area contributed by atoms with Crippen molar-refractivity contribution in [2.24, 2.45) is 0 Å². The van der Waals surface area contributed by atoms with Gasteiger partial charge < -0.3 is 5.01 Å². The Bertz CT molecular complexity index is 617. The summed E-state index contributed by atoms with van der Waals surface area (Å²) in [5.74, 6) is -1.30. The van der Waals surface area contributed by atoms with Crippen LogP contribution >= 0.6 is 11.6 Å². The number of nitrogens with one attached hydrogen (secondary N) is 1. The minimum atomic E-state index is -0.781. The van der Waals surface area contributed by atoms with E-state index in [1.807, 2.05) is 12.1 Å². The van der Waals surface area contributed by atoms with Gasteiger partial charge in [0, 0.05) is 31.8 Å². The zero-order valence-electron chi connectivity index (χ0n) is 13.0. The van der Waals surface area contributed by atoms with Crippen molar-refractivity contribution in [1.82, 2.24) is 15.3 Å². The van der Waals surface area contributed by atoms with E-state index in [2.05, 4.69) is 5.32 Å². The number of hydrogen-bond donors (Lipinski definition) is 1. The number of rotatable bonds is 3. The average Bonchev–Trinajstić information content (AvgIpc) is 2.96. The molecule has 1 aromatic carbocycles. The number of alkyl halides is 1. The number of likely N-dealkylation sites (N-methyl/N-ethyl adjacent to an activating group) is 1. The molecule has 23 heavy (non-hydrogen) atoms. The summed E-state index contributed by atoms with van der Waals surface area (Å²) in [6.45, 7) is 0. The Morgan fingerprint density at radius 2 is 1.78 bits per heavy atom. The van der Waals surface area contributed by atoms with Crippen LogP contribution < -0.4 is 5.32 Å². The SMILES string of the molecule is CN1C(c2cc(F)cc(F)c2)=C(Cl)C(N[C@H]2CC[C@@H](F)C2)N1C. The molecule has 0 amide bonds. The summed E-state index contributed by atoms with van der Waals surface area (Å²) in [4.78, 5) is 0. The molecule has 1 aliphatic carbocycles. The molecule has 0 radical (unpaired) electrons. The lowest BCUT2D eigenvalue weighted by Crippen LogP contribution is -2.48. The van der Waals surface area contributed by atoms with Gasteiger partial charge in [-0.2, -0.15) is 0 Å². The van der Waals surface area contributed by atoms with Gasteiger partial charge in [0.15, 0.2) is 0 Å². The highest BCUT2D eigenvalue weighted by Gasteiger charge is 2.37. The first kappa shape index (κ1) is 16.6. The van der Waals surface area contributed by atoms with Gasteiger partial charge in [0.2, 0.25) is 0 Å². The third-order valence-electron chi connectivity index (χ3n) is 4.53. The van der Waals surface area contributed by atoms with Crippen molar-refractivity contribution >= 4 is 17.3 Å². The van der Waals surface area contributed by atoms with Crippen LogP contribution in [0, 0.1) is 11.6 Å². The van der Waals surface area contributed by atoms with Gasteiger partial charge in [-0.1, -0.05) is 11.6 Å². The second kappa shape index (κ2) is 6.34. The van der Waals surface area contributed by atoms with E-state index >= 15 is 0 Å². The quantitative estimate of drug-likeness (QED) is 0.905. The Kier molecular flexibility index (Phi) is 4.58. The van der Waals surface area contributed by atoms with E-state index in [4.69, 9.17) is 11.6 Å². The van der Waals surface area contributed by atoms with Crippen LogP contribution in [0.2, 0.25) is 0 Å². The highest BCUT2D eigenvalue weighted by Crippen LogP contribution is 2.36. The highest BCUT2D eigenvalue weighted by atomic mass is 35.5. The lowest BCUT2D eigenvalue weighted by atomic mass is 10.1. The van der Waals surface area contributed by atoms with Crippen molar-refractivity contribution in [2.45, 2.75) is 37.6 Å². The van der Waals surface area contributed by atoms with Crippen LogP contribution in [0.1, 0.15) is 24.8 Å². The van der Waals surface area contributed by atoms with Crippen molar-refractivity contribution in [3.63, 3.8) is 0 Å². The van der Waals surface area contributed by atoms with E-state index in [-0.39, 0.29) is 12.2 Å². The van der Waals surface area contributed by atoms with Gasteiger partial charge in [-0.15, -0.1) is 0 Å². The molecule has 1 aliphatic heterocycles. The smallest absolute Gasteiger partial charge is 0.126 e. The number of nitrogens with zero attached hydrogens (tertiary/aromatic N) is 2. The van der Waals surface area contributed by atoms with Gasteiger partial charge in [0.25, 0.3) is 0 Å². The molecule has 3 rings (SSSR count). The molecule has 1 saturated carbocycles. The first-order valence-electron chi connectivity index (χ1n) is 7.59. The van der Waals surface area contributed by atoms with E-state index in [0.717, 1.165) is 12.5 Å². The summed E-state index contributed by atoms with van der Waals surface area (Å²) in [5.41, 5.74) is 0.917. The fourth-order valence-corrected chi connectivity index (χ4v) is 3.71. The molecule has 0 spiro atoms. The van der Waals surface area contributed by atoms with E-state index < -0.39 is 17.8 Å². The average molecular weight is 346 g/mol. The third kappa shape index (κ3) is 3.20. The first-order chi connectivity index (χ1) is 10.9.